The molecule has 0 aliphatic rings. The number of nitrogens with two attached hydrogens (primary N) is 1. The van der Waals surface area contributed by atoms with E-state index in [1.807, 2.05) is 0 Å². The maximum atomic E-state index is 12.3. The van der Waals surface area contributed by atoms with Gasteiger partial charge in [0.05, 0.1) is 19.8 Å². The molecule has 0 bridgehead atoms. The Balaban J connectivity index is 0.00000289. The monoisotopic (exact) mass is 283 g/mol. The number of phenolic OH excluding ortho intramolecular Hbond substituents is 1. The van der Waals surface area contributed by atoms with E-state index < -0.39 is 18.9 Å². The molecule has 0 saturated heterocycles. The molecule has 0 aliphatic carbocycles. The summed E-state index contributed by atoms with van der Waals surface area (Å²) < 4.78 is 34.6. The van der Waals surface area contributed by atoms with Crippen molar-refractivity contribution in [3.63, 3.8) is 0 Å². The lowest BCUT2D eigenvalue weighted by Crippen LogP contribution is -2.16. The van der Waals surface area contributed by atoms with Crippen molar-refractivity contribution in [1.82, 2.24) is 0 Å². The molecule has 0 unspecified atom stereocenters. The summed E-state index contributed by atoms with van der Waals surface area (Å²) in [7, 11) is 2.74. The predicted molar refractivity (Wildman–Crippen MR) is 66.0 cm³/mol. The van der Waals surface area contributed by atoms with Crippen molar-refractivity contribution in [2.24, 2.45) is 5.73 Å². The largest absolute Gasteiger partial charge is 0.508 e. The van der Waals surface area contributed by atoms with E-state index >= 15 is 0 Å². The molecule has 1 aromatic rings. The molecule has 0 aromatic heterocycles. The average molecular weight is 284 g/mol. The van der Waals surface area contributed by atoms with Gasteiger partial charge in [0.25, 0.3) is 0 Å². The van der Waals surface area contributed by atoms with E-state index in [4.69, 9.17) is 15.2 Å². The van der Waals surface area contributed by atoms with Gasteiger partial charge in [-0.05, 0) is 0 Å². The Kier molecular flexibility index (Phi) is 6.72. The summed E-state index contributed by atoms with van der Waals surface area (Å²) in [4.78, 5) is 0. The fourth-order valence-corrected chi connectivity index (χ4v) is 1.60. The van der Waals surface area contributed by atoms with E-state index in [1.54, 1.807) is 0 Å². The Bertz CT molecular complexity index is 366. The molecule has 1 atom stereocenters. The van der Waals surface area contributed by atoms with Gasteiger partial charge in [-0.15, -0.1) is 12.4 Å². The number of benzene rings is 1. The number of hydrogen-bond donors (Lipinski definition) is 2. The van der Waals surface area contributed by atoms with E-state index in [9.17, 15) is 13.9 Å². The minimum absolute atomic E-state index is 0. The standard InChI is InChI=1S/C11H15F2NO3.ClH/c1-16-8-3-6(15)4-9(17-2)11(8)7(14)5-10(12)13;/h3-4,7,10,15H,5,14H2,1-2H3;1H/t7-;/m1./s1. The molecule has 3 N–H and O–H groups in total. The lowest BCUT2D eigenvalue weighted by atomic mass is 10.0. The molecule has 0 saturated carbocycles. The number of halogens is 3. The fraction of sp³-hybridized carbons (Fsp3) is 0.455. The van der Waals surface area contributed by atoms with Crippen LogP contribution in [0.4, 0.5) is 8.78 Å². The minimum Gasteiger partial charge on any atom is -0.508 e. The SMILES string of the molecule is COc1cc(O)cc(OC)c1[C@H](N)CC(F)F.Cl. The van der Waals surface area contributed by atoms with E-state index in [2.05, 4.69) is 0 Å². The lowest BCUT2D eigenvalue weighted by Gasteiger charge is -2.19. The van der Waals surface area contributed by atoms with Gasteiger partial charge in [0, 0.05) is 24.6 Å². The highest BCUT2D eigenvalue weighted by Gasteiger charge is 2.22. The molecule has 0 aliphatic heterocycles. The Labute approximate surface area is 110 Å². The first-order valence-corrected chi connectivity index (χ1v) is 4.98. The van der Waals surface area contributed by atoms with E-state index in [-0.39, 0.29) is 29.7 Å². The molecule has 0 fully saturated rings. The predicted octanol–water partition coefficient (Wildman–Crippen LogP) is 2.49. The zero-order valence-electron chi connectivity index (χ0n) is 10.0. The number of rotatable bonds is 5. The molecule has 0 spiro atoms. The van der Waals surface area contributed by atoms with Crippen molar-refractivity contribution >= 4 is 12.4 Å². The first kappa shape index (κ1) is 16.7. The van der Waals surface area contributed by atoms with Crippen LogP contribution in [-0.4, -0.2) is 25.8 Å². The topological polar surface area (TPSA) is 64.7 Å². The van der Waals surface area contributed by atoms with Crippen molar-refractivity contribution < 1.29 is 23.4 Å². The maximum absolute atomic E-state index is 12.3. The third-order valence-corrected chi connectivity index (χ3v) is 2.33. The summed E-state index contributed by atoms with van der Waals surface area (Å²) in [5.74, 6) is 0.386. The second-order valence-corrected chi connectivity index (χ2v) is 3.50. The Hall–Kier alpha value is -1.27. The number of alkyl halides is 2. The van der Waals surface area contributed by atoms with Gasteiger partial charge in [-0.2, -0.15) is 0 Å². The van der Waals surface area contributed by atoms with E-state index in [0.29, 0.717) is 5.56 Å². The maximum Gasteiger partial charge on any atom is 0.240 e. The van der Waals surface area contributed by atoms with E-state index in [0.717, 1.165) is 0 Å². The summed E-state index contributed by atoms with van der Waals surface area (Å²) >= 11 is 0. The highest BCUT2D eigenvalue weighted by atomic mass is 35.5. The van der Waals surface area contributed by atoms with Gasteiger partial charge in [0.15, 0.2) is 0 Å². The normalized spacial score (nSPS) is 11.9. The Morgan fingerprint density at radius 1 is 1.22 bits per heavy atom. The molecule has 1 aromatic carbocycles. The van der Waals surface area contributed by atoms with Crippen LogP contribution in [0.25, 0.3) is 0 Å². The molecular formula is C11H16ClF2NO3. The van der Waals surface area contributed by atoms with Crippen LogP contribution in [0.5, 0.6) is 17.2 Å². The zero-order valence-corrected chi connectivity index (χ0v) is 10.8. The van der Waals surface area contributed by atoms with Crippen LogP contribution < -0.4 is 15.2 Å². The summed E-state index contributed by atoms with van der Waals surface area (Å²) in [6.45, 7) is 0. The highest BCUT2D eigenvalue weighted by molar-refractivity contribution is 5.85. The van der Waals surface area contributed by atoms with Gasteiger partial charge in [0.1, 0.15) is 17.2 Å². The highest BCUT2D eigenvalue weighted by Crippen LogP contribution is 2.38. The van der Waals surface area contributed by atoms with Crippen LogP contribution in [0, 0.1) is 0 Å². The molecule has 4 nitrogen and oxygen atoms in total. The Morgan fingerprint density at radius 3 is 2.00 bits per heavy atom. The van der Waals surface area contributed by atoms with Gasteiger partial charge < -0.3 is 20.3 Å². The lowest BCUT2D eigenvalue weighted by molar-refractivity contribution is 0.127. The van der Waals surface area contributed by atoms with Crippen LogP contribution >= 0.6 is 12.4 Å². The van der Waals surface area contributed by atoms with Gasteiger partial charge >= 0.3 is 0 Å². The van der Waals surface area contributed by atoms with Gasteiger partial charge in [-0.3, -0.25) is 0 Å². The van der Waals surface area contributed by atoms with Crippen LogP contribution in [0.2, 0.25) is 0 Å². The number of aromatic hydroxyl groups is 1. The summed E-state index contributed by atoms with van der Waals surface area (Å²) in [6, 6.07) is 1.70. The van der Waals surface area contributed by atoms with Gasteiger partial charge in [0.2, 0.25) is 6.43 Å². The third kappa shape index (κ3) is 3.89. The van der Waals surface area contributed by atoms with E-state index in [1.165, 1.54) is 26.4 Å². The summed E-state index contributed by atoms with van der Waals surface area (Å²) in [5, 5.41) is 9.40. The molecular weight excluding hydrogens is 268 g/mol. The zero-order chi connectivity index (χ0) is 13.0. The van der Waals surface area contributed by atoms with Crippen LogP contribution in [0.15, 0.2) is 12.1 Å². The molecule has 18 heavy (non-hydrogen) atoms. The molecule has 104 valence electrons. The van der Waals surface area contributed by atoms with Crippen molar-refractivity contribution in [2.75, 3.05) is 14.2 Å². The van der Waals surface area contributed by atoms with Crippen molar-refractivity contribution in [2.45, 2.75) is 18.9 Å². The smallest absolute Gasteiger partial charge is 0.240 e. The molecule has 0 radical (unpaired) electrons. The molecule has 7 heteroatoms. The average Bonchev–Trinajstić information content (AvgIpc) is 2.26. The van der Waals surface area contributed by atoms with Gasteiger partial charge in [-0.1, -0.05) is 0 Å². The van der Waals surface area contributed by atoms with Gasteiger partial charge in [-0.25, -0.2) is 8.78 Å². The fourth-order valence-electron chi connectivity index (χ4n) is 1.60. The second-order valence-electron chi connectivity index (χ2n) is 3.50. The first-order chi connectivity index (χ1) is 7.99. The van der Waals surface area contributed by atoms with Crippen LogP contribution in [0.3, 0.4) is 0 Å². The van der Waals surface area contributed by atoms with Crippen molar-refractivity contribution in [3.8, 4) is 17.2 Å². The molecule has 1 rings (SSSR count). The molecule has 0 heterocycles. The summed E-state index contributed by atoms with van der Waals surface area (Å²) in [5.41, 5.74) is 6.00. The first-order valence-electron chi connectivity index (χ1n) is 4.98. The van der Waals surface area contributed by atoms with Crippen molar-refractivity contribution in [3.05, 3.63) is 17.7 Å². The Morgan fingerprint density at radius 2 is 1.67 bits per heavy atom. The number of phenols is 1. The van der Waals surface area contributed by atoms with Crippen molar-refractivity contribution in [1.29, 1.82) is 0 Å². The second kappa shape index (κ2) is 7.23. The number of methoxy groups -OCH3 is 2. The van der Waals surface area contributed by atoms with Crippen LogP contribution in [0.1, 0.15) is 18.0 Å². The summed E-state index contributed by atoms with van der Waals surface area (Å²) in [6.07, 6.45) is -3.02. The van der Waals surface area contributed by atoms with Crippen LogP contribution in [-0.2, 0) is 0 Å². The minimum atomic E-state index is -2.52. The number of ether oxygens (including phenoxy) is 2. The quantitative estimate of drug-likeness (QED) is 0.871. The molecule has 0 amide bonds. The number of hydrogen-bond acceptors (Lipinski definition) is 4. The third-order valence-electron chi connectivity index (χ3n) is 2.33.